The fourth-order valence-corrected chi connectivity index (χ4v) is 6.76. The van der Waals surface area contributed by atoms with Crippen LogP contribution in [0.4, 0.5) is 5.69 Å². The third kappa shape index (κ3) is 7.09. The molecule has 0 bridgehead atoms. The molecule has 4 aromatic carbocycles. The van der Waals surface area contributed by atoms with Gasteiger partial charge in [0.25, 0.3) is 11.5 Å². The van der Waals surface area contributed by atoms with Gasteiger partial charge in [0.15, 0.2) is 16.3 Å². The predicted octanol–water partition coefficient (Wildman–Crippen LogP) is 6.28. The van der Waals surface area contributed by atoms with Crippen LogP contribution < -0.4 is 29.7 Å². The highest BCUT2D eigenvalue weighted by molar-refractivity contribution is 7.07. The van der Waals surface area contributed by atoms with E-state index in [1.165, 1.54) is 24.5 Å². The summed E-state index contributed by atoms with van der Waals surface area (Å²) in [4.78, 5) is 44.6. The molecular formula is C39H35N3O6S. The molecule has 9 nitrogen and oxygen atoms in total. The number of allylic oxidation sites excluding steroid dienone is 1. The SMILES string of the molecule is COc1cc(/C=c2\sc3n(c2=O)[C@@H](c2ccc(C(C)C)cc2)C(C(=O)Nc2ccccc2)=C(C)N=3)ccc1OCc1cccc(C(=O)O)c1. The number of hydrogen-bond acceptors (Lipinski definition) is 7. The molecule has 0 unspecified atom stereocenters. The van der Waals surface area contributed by atoms with Crippen LogP contribution in [0.3, 0.4) is 0 Å². The number of carbonyl (C=O) groups is 2. The van der Waals surface area contributed by atoms with Crippen LogP contribution in [-0.4, -0.2) is 28.7 Å². The number of carbonyl (C=O) groups excluding carboxylic acids is 1. The van der Waals surface area contributed by atoms with Crippen LogP contribution in [-0.2, 0) is 11.4 Å². The Morgan fingerprint density at radius 3 is 2.43 bits per heavy atom. The third-order valence-electron chi connectivity index (χ3n) is 8.27. The Labute approximate surface area is 287 Å². The van der Waals surface area contributed by atoms with E-state index in [0.29, 0.717) is 54.8 Å². The fraction of sp³-hybridized carbons (Fsp3) is 0.179. The second kappa shape index (κ2) is 14.2. The summed E-state index contributed by atoms with van der Waals surface area (Å²) in [7, 11) is 1.53. The Bertz CT molecular complexity index is 2250. The van der Waals surface area contributed by atoms with Crippen molar-refractivity contribution in [3.05, 3.63) is 156 Å². The van der Waals surface area contributed by atoms with Gasteiger partial charge in [-0.3, -0.25) is 14.2 Å². The lowest BCUT2D eigenvalue weighted by Crippen LogP contribution is -2.40. The second-order valence-corrected chi connectivity index (χ2v) is 12.9. The van der Waals surface area contributed by atoms with E-state index in [1.54, 1.807) is 47.9 Å². The molecule has 1 aliphatic rings. The van der Waals surface area contributed by atoms with Crippen LogP contribution in [0.15, 0.2) is 118 Å². The number of aromatic carboxylic acids is 1. The summed E-state index contributed by atoms with van der Waals surface area (Å²) in [6, 6.07) is 28.4. The molecule has 10 heteroatoms. The van der Waals surface area contributed by atoms with Crippen molar-refractivity contribution in [2.24, 2.45) is 4.99 Å². The molecule has 6 rings (SSSR count). The summed E-state index contributed by atoms with van der Waals surface area (Å²) in [5, 5.41) is 12.3. The first kappa shape index (κ1) is 33.2. The maximum Gasteiger partial charge on any atom is 0.335 e. The van der Waals surface area contributed by atoms with Gasteiger partial charge in [-0.2, -0.15) is 0 Å². The van der Waals surface area contributed by atoms with Crippen molar-refractivity contribution in [2.75, 3.05) is 12.4 Å². The van der Waals surface area contributed by atoms with Crippen molar-refractivity contribution < 1.29 is 24.2 Å². The van der Waals surface area contributed by atoms with Gasteiger partial charge in [-0.25, -0.2) is 9.79 Å². The number of benzene rings is 4. The number of rotatable bonds is 10. The molecule has 0 radical (unpaired) electrons. The summed E-state index contributed by atoms with van der Waals surface area (Å²) < 4.78 is 13.6. The normalized spacial score (nSPS) is 14.3. The molecule has 5 aromatic rings. The molecule has 0 saturated carbocycles. The largest absolute Gasteiger partial charge is 0.493 e. The minimum atomic E-state index is -1.01. The standard InChI is InChI=1S/C39H35N3O6S/c1-23(2)27-14-16-28(17-15-27)35-34(36(43)41-30-11-6-5-7-12-30)24(3)40-39-42(35)37(44)33(49-39)21-25-13-18-31(32(20-25)47-4)48-22-26-9-8-10-29(19-26)38(45)46/h5-21,23,35H,22H2,1-4H3,(H,41,43)(H,45,46)/b33-21-/t35-/m0/s1. The molecule has 2 N–H and O–H groups in total. The number of thiazole rings is 1. The number of nitrogens with zero attached hydrogens (tertiary/aromatic N) is 2. The van der Waals surface area contributed by atoms with Gasteiger partial charge in [0.2, 0.25) is 0 Å². The number of ether oxygens (including phenoxy) is 2. The first-order chi connectivity index (χ1) is 23.6. The predicted molar refractivity (Wildman–Crippen MR) is 190 cm³/mol. The van der Waals surface area contributed by atoms with Gasteiger partial charge in [0.05, 0.1) is 34.5 Å². The lowest BCUT2D eigenvalue weighted by Gasteiger charge is -2.25. The molecule has 49 heavy (non-hydrogen) atoms. The number of carboxylic acid groups (broad SMARTS) is 1. The van der Waals surface area contributed by atoms with Crippen molar-refractivity contribution in [3.8, 4) is 11.5 Å². The zero-order valence-electron chi connectivity index (χ0n) is 27.5. The Balaban J connectivity index is 1.37. The number of aromatic nitrogens is 1. The zero-order chi connectivity index (χ0) is 34.7. The van der Waals surface area contributed by atoms with Gasteiger partial charge in [0, 0.05) is 5.69 Å². The van der Waals surface area contributed by atoms with Crippen molar-refractivity contribution >= 4 is 35.0 Å². The number of hydrogen-bond donors (Lipinski definition) is 2. The molecule has 0 fully saturated rings. The van der Waals surface area contributed by atoms with Crippen LogP contribution in [0.5, 0.6) is 11.5 Å². The molecule has 0 spiro atoms. The summed E-state index contributed by atoms with van der Waals surface area (Å²) in [6.45, 7) is 6.18. The number of amides is 1. The van der Waals surface area contributed by atoms with E-state index in [9.17, 15) is 19.5 Å². The third-order valence-corrected chi connectivity index (χ3v) is 9.25. The second-order valence-electron chi connectivity index (χ2n) is 11.9. The van der Waals surface area contributed by atoms with Crippen molar-refractivity contribution in [3.63, 3.8) is 0 Å². The van der Waals surface area contributed by atoms with Gasteiger partial charge in [-0.1, -0.05) is 85.8 Å². The van der Waals surface area contributed by atoms with Gasteiger partial charge in [-0.15, -0.1) is 0 Å². The summed E-state index contributed by atoms with van der Waals surface area (Å²) in [6.07, 6.45) is 1.77. The van der Waals surface area contributed by atoms with Crippen LogP contribution in [0.25, 0.3) is 6.08 Å². The number of fused-ring (bicyclic) bond motifs is 1. The summed E-state index contributed by atoms with van der Waals surface area (Å²) in [5.74, 6) is -0.0851. The van der Waals surface area contributed by atoms with Crippen molar-refractivity contribution in [2.45, 2.75) is 39.3 Å². The molecule has 1 aliphatic heterocycles. The first-order valence-electron chi connectivity index (χ1n) is 15.7. The Kier molecular flexibility index (Phi) is 9.59. The Hall–Kier alpha value is -5.74. The Morgan fingerprint density at radius 2 is 1.73 bits per heavy atom. The first-order valence-corrected chi connectivity index (χ1v) is 16.6. The van der Waals surface area contributed by atoms with Gasteiger partial charge < -0.3 is 19.9 Å². The number of para-hydroxylation sites is 1. The lowest BCUT2D eigenvalue weighted by atomic mass is 9.93. The molecule has 1 amide bonds. The average molecular weight is 674 g/mol. The van der Waals surface area contributed by atoms with E-state index < -0.39 is 12.0 Å². The quantitative estimate of drug-likeness (QED) is 0.180. The Morgan fingerprint density at radius 1 is 0.980 bits per heavy atom. The minimum Gasteiger partial charge on any atom is -0.493 e. The molecule has 248 valence electrons. The van der Waals surface area contributed by atoms with Crippen molar-refractivity contribution in [1.82, 2.24) is 4.57 Å². The highest BCUT2D eigenvalue weighted by Crippen LogP contribution is 2.32. The topological polar surface area (TPSA) is 119 Å². The van der Waals surface area contributed by atoms with E-state index in [2.05, 4.69) is 19.2 Å². The highest BCUT2D eigenvalue weighted by atomic mass is 32.1. The number of methoxy groups -OCH3 is 1. The van der Waals surface area contributed by atoms with Gasteiger partial charge >= 0.3 is 5.97 Å². The van der Waals surface area contributed by atoms with E-state index in [1.807, 2.05) is 60.7 Å². The zero-order valence-corrected chi connectivity index (χ0v) is 28.3. The van der Waals surface area contributed by atoms with Crippen molar-refractivity contribution in [1.29, 1.82) is 0 Å². The van der Waals surface area contributed by atoms with Gasteiger partial charge in [-0.05, 0) is 77.6 Å². The molecule has 1 aromatic heterocycles. The van der Waals surface area contributed by atoms with Crippen LogP contribution in [0.2, 0.25) is 0 Å². The highest BCUT2D eigenvalue weighted by Gasteiger charge is 2.32. The van der Waals surface area contributed by atoms with E-state index in [4.69, 9.17) is 14.5 Å². The number of nitrogens with one attached hydrogen (secondary N) is 1. The van der Waals surface area contributed by atoms with E-state index in [-0.39, 0.29) is 23.6 Å². The number of carboxylic acids is 1. The monoisotopic (exact) mass is 673 g/mol. The summed E-state index contributed by atoms with van der Waals surface area (Å²) >= 11 is 1.26. The van der Waals surface area contributed by atoms with E-state index >= 15 is 0 Å². The molecule has 0 aliphatic carbocycles. The lowest BCUT2D eigenvalue weighted by molar-refractivity contribution is -0.113. The smallest absolute Gasteiger partial charge is 0.335 e. The van der Waals surface area contributed by atoms with Crippen LogP contribution >= 0.6 is 11.3 Å². The molecule has 0 saturated heterocycles. The average Bonchev–Trinajstić information content (AvgIpc) is 3.40. The van der Waals surface area contributed by atoms with Crippen LogP contribution in [0, 0.1) is 0 Å². The molecule has 2 heterocycles. The fourth-order valence-electron chi connectivity index (χ4n) is 5.71. The molecular weight excluding hydrogens is 639 g/mol. The van der Waals surface area contributed by atoms with Crippen LogP contribution in [0.1, 0.15) is 65.3 Å². The van der Waals surface area contributed by atoms with Gasteiger partial charge in [0.1, 0.15) is 6.61 Å². The van der Waals surface area contributed by atoms with E-state index in [0.717, 1.165) is 11.1 Å². The maximum absolute atomic E-state index is 14.2. The minimum absolute atomic E-state index is 0.146. The number of anilines is 1. The summed E-state index contributed by atoms with van der Waals surface area (Å²) in [5.41, 5.74) is 4.87. The maximum atomic E-state index is 14.2. The molecule has 1 atom stereocenters.